The number of hydrogen-bond acceptors (Lipinski definition) is 7. The van der Waals surface area contributed by atoms with Gasteiger partial charge in [-0.25, -0.2) is 0 Å². The number of anilines is 1. The molecule has 0 atom stereocenters. The predicted molar refractivity (Wildman–Crippen MR) is 113 cm³/mol. The van der Waals surface area contributed by atoms with Gasteiger partial charge < -0.3 is 19.9 Å². The Morgan fingerprint density at radius 3 is 2.69 bits per heavy atom. The Labute approximate surface area is 175 Å². The van der Waals surface area contributed by atoms with Gasteiger partial charge in [0.1, 0.15) is 11.5 Å². The molecule has 1 saturated heterocycles. The van der Waals surface area contributed by atoms with E-state index in [2.05, 4.69) is 9.97 Å². The van der Waals surface area contributed by atoms with Crippen molar-refractivity contribution >= 4 is 38.8 Å². The highest BCUT2D eigenvalue weighted by Gasteiger charge is 2.19. The van der Waals surface area contributed by atoms with Crippen LogP contribution in [0.1, 0.15) is 11.9 Å². The van der Waals surface area contributed by atoms with Gasteiger partial charge in [0.25, 0.3) is 0 Å². The summed E-state index contributed by atoms with van der Waals surface area (Å²) < 4.78 is 18.0. The number of benzene rings is 1. The molecule has 4 aromatic rings. The molecule has 6 nitrogen and oxygen atoms in total. The fraction of sp³-hybridized carbons (Fsp3) is 0.143. The molecule has 1 aliphatic heterocycles. The molecule has 0 bridgehead atoms. The van der Waals surface area contributed by atoms with Gasteiger partial charge in [-0.3, -0.25) is 9.97 Å². The first-order chi connectivity index (χ1) is 14.2. The molecule has 1 aromatic carbocycles. The summed E-state index contributed by atoms with van der Waals surface area (Å²) in [6.45, 7) is 1.22. The number of ether oxygens (including phenoxy) is 3. The number of halogens is 1. The first-order valence-electron chi connectivity index (χ1n) is 8.98. The lowest BCUT2D eigenvalue weighted by atomic mass is 10.2. The maximum absolute atomic E-state index is 6.10. The molecule has 5 rings (SSSR count). The normalized spacial score (nSPS) is 14.5. The van der Waals surface area contributed by atoms with E-state index in [1.165, 1.54) is 0 Å². The van der Waals surface area contributed by atoms with Gasteiger partial charge >= 0.3 is 0 Å². The van der Waals surface area contributed by atoms with E-state index in [0.29, 0.717) is 35.4 Å². The number of aromatic nitrogens is 2. The van der Waals surface area contributed by atoms with Crippen LogP contribution in [-0.4, -0.2) is 23.2 Å². The molecule has 8 heteroatoms. The topological polar surface area (TPSA) is 79.5 Å². The largest absolute Gasteiger partial charge is 0.456 e. The molecule has 1 aliphatic rings. The highest BCUT2D eigenvalue weighted by Crippen LogP contribution is 2.39. The van der Waals surface area contributed by atoms with Gasteiger partial charge in [0.15, 0.2) is 6.29 Å². The van der Waals surface area contributed by atoms with Crippen molar-refractivity contribution in [1.29, 1.82) is 0 Å². The highest BCUT2D eigenvalue weighted by molar-refractivity contribution is 7.22. The van der Waals surface area contributed by atoms with Crippen LogP contribution in [0.3, 0.4) is 0 Å². The first kappa shape index (κ1) is 18.3. The standard InChI is InChI=1S/C21H16ClN3O3S/c22-14-9-13(2-3-15(14)23)28-18-5-6-24-17-10-19(29-20(17)18)16-4-1-12(11-25-16)21-26-7-8-27-21/h1-6,9-11,21H,7-8,23H2. The van der Waals surface area contributed by atoms with E-state index in [1.807, 2.05) is 24.3 Å². The van der Waals surface area contributed by atoms with Gasteiger partial charge in [-0.1, -0.05) is 17.7 Å². The lowest BCUT2D eigenvalue weighted by Gasteiger charge is -2.08. The van der Waals surface area contributed by atoms with E-state index in [9.17, 15) is 0 Å². The number of rotatable bonds is 4. The van der Waals surface area contributed by atoms with Crippen LogP contribution in [0.15, 0.2) is 54.9 Å². The molecule has 0 saturated carbocycles. The molecule has 0 amide bonds. The number of pyridine rings is 2. The number of nitrogen functional groups attached to an aromatic ring is 1. The maximum atomic E-state index is 6.10. The number of nitrogens with zero attached hydrogens (tertiary/aromatic N) is 2. The molecule has 0 aliphatic carbocycles. The number of fused-ring (bicyclic) bond motifs is 1. The van der Waals surface area contributed by atoms with Crippen molar-refractivity contribution in [2.24, 2.45) is 0 Å². The van der Waals surface area contributed by atoms with Crippen molar-refractivity contribution in [2.75, 3.05) is 18.9 Å². The Bertz CT molecular complexity index is 1170. The third-order valence-electron chi connectivity index (χ3n) is 4.51. The summed E-state index contributed by atoms with van der Waals surface area (Å²) >= 11 is 7.67. The zero-order valence-corrected chi connectivity index (χ0v) is 16.7. The minimum absolute atomic E-state index is 0.327. The Morgan fingerprint density at radius 1 is 1.07 bits per heavy atom. The fourth-order valence-corrected chi connectivity index (χ4v) is 4.27. The summed E-state index contributed by atoms with van der Waals surface area (Å²) in [4.78, 5) is 10.0. The molecule has 1 fully saturated rings. The summed E-state index contributed by atoms with van der Waals surface area (Å²) in [5, 5.41) is 0.458. The fourth-order valence-electron chi connectivity index (χ4n) is 3.06. The maximum Gasteiger partial charge on any atom is 0.185 e. The second kappa shape index (κ2) is 7.61. The van der Waals surface area contributed by atoms with Gasteiger partial charge in [-0.2, -0.15) is 0 Å². The third kappa shape index (κ3) is 3.65. The average molecular weight is 426 g/mol. The number of nitrogens with two attached hydrogens (primary N) is 1. The zero-order chi connectivity index (χ0) is 19.8. The monoisotopic (exact) mass is 425 g/mol. The van der Waals surface area contributed by atoms with Gasteiger partial charge in [0.05, 0.1) is 44.7 Å². The van der Waals surface area contributed by atoms with E-state index >= 15 is 0 Å². The number of thiophene rings is 1. The van der Waals surface area contributed by atoms with Crippen LogP contribution in [0, 0.1) is 0 Å². The second-order valence-electron chi connectivity index (χ2n) is 6.47. The van der Waals surface area contributed by atoms with Gasteiger partial charge in [0.2, 0.25) is 0 Å². The smallest absolute Gasteiger partial charge is 0.185 e. The van der Waals surface area contributed by atoms with E-state index in [0.717, 1.165) is 26.4 Å². The molecular formula is C21H16ClN3O3S. The lowest BCUT2D eigenvalue weighted by molar-refractivity contribution is -0.0443. The van der Waals surface area contributed by atoms with Crippen molar-refractivity contribution in [3.8, 4) is 22.1 Å². The van der Waals surface area contributed by atoms with Crippen LogP contribution >= 0.6 is 22.9 Å². The predicted octanol–water partition coefficient (Wildman–Crippen LogP) is 5.43. The minimum Gasteiger partial charge on any atom is -0.456 e. The van der Waals surface area contributed by atoms with Gasteiger partial charge in [0, 0.05) is 30.1 Å². The molecule has 0 radical (unpaired) electrons. The Morgan fingerprint density at radius 2 is 1.93 bits per heavy atom. The summed E-state index contributed by atoms with van der Waals surface area (Å²) in [5.41, 5.74) is 8.90. The summed E-state index contributed by atoms with van der Waals surface area (Å²) in [7, 11) is 0. The summed E-state index contributed by atoms with van der Waals surface area (Å²) in [6, 6.07) is 13.0. The molecule has 29 heavy (non-hydrogen) atoms. The van der Waals surface area contributed by atoms with E-state index in [-0.39, 0.29) is 6.29 Å². The summed E-state index contributed by atoms with van der Waals surface area (Å²) in [5.74, 6) is 1.32. The molecule has 0 unspecified atom stereocenters. The molecule has 146 valence electrons. The molecule has 4 heterocycles. The van der Waals surface area contributed by atoms with Crippen molar-refractivity contribution in [1.82, 2.24) is 9.97 Å². The van der Waals surface area contributed by atoms with E-state index in [4.69, 9.17) is 31.5 Å². The van der Waals surface area contributed by atoms with E-state index < -0.39 is 0 Å². The van der Waals surface area contributed by atoms with E-state index in [1.54, 1.807) is 41.9 Å². The number of hydrogen-bond donors (Lipinski definition) is 1. The van der Waals surface area contributed by atoms with Crippen molar-refractivity contribution in [2.45, 2.75) is 6.29 Å². The first-order valence-corrected chi connectivity index (χ1v) is 10.2. The average Bonchev–Trinajstić information content (AvgIpc) is 3.41. The Balaban J connectivity index is 1.45. The minimum atomic E-state index is -0.327. The van der Waals surface area contributed by atoms with Crippen LogP contribution in [0.25, 0.3) is 20.8 Å². The molecule has 2 N–H and O–H groups in total. The quantitative estimate of drug-likeness (QED) is 0.439. The highest BCUT2D eigenvalue weighted by atomic mass is 35.5. The Kier molecular flexibility index (Phi) is 4.81. The van der Waals surface area contributed by atoms with Crippen LogP contribution in [-0.2, 0) is 9.47 Å². The third-order valence-corrected chi connectivity index (χ3v) is 6.00. The van der Waals surface area contributed by atoms with Gasteiger partial charge in [-0.05, 0) is 24.3 Å². The van der Waals surface area contributed by atoms with Crippen molar-refractivity contribution < 1.29 is 14.2 Å². The summed E-state index contributed by atoms with van der Waals surface area (Å²) in [6.07, 6.45) is 3.18. The SMILES string of the molecule is Nc1ccc(Oc2ccnc3cc(-c4ccc(C5OCCO5)cn4)sc23)cc1Cl. The lowest BCUT2D eigenvalue weighted by Crippen LogP contribution is -1.98. The second-order valence-corrected chi connectivity index (χ2v) is 7.93. The van der Waals surface area contributed by atoms with Crippen LogP contribution in [0.2, 0.25) is 5.02 Å². The zero-order valence-electron chi connectivity index (χ0n) is 15.2. The van der Waals surface area contributed by atoms with Gasteiger partial charge in [-0.15, -0.1) is 11.3 Å². The van der Waals surface area contributed by atoms with Crippen molar-refractivity contribution in [3.05, 3.63) is 65.4 Å². The molecule has 0 spiro atoms. The Hall–Kier alpha value is -2.71. The van der Waals surface area contributed by atoms with Crippen LogP contribution in [0.5, 0.6) is 11.5 Å². The van der Waals surface area contributed by atoms with Crippen molar-refractivity contribution in [3.63, 3.8) is 0 Å². The molecule has 3 aromatic heterocycles. The van der Waals surface area contributed by atoms with Crippen LogP contribution < -0.4 is 10.5 Å². The van der Waals surface area contributed by atoms with Crippen LogP contribution in [0.4, 0.5) is 5.69 Å². The molecular weight excluding hydrogens is 410 g/mol.